The molecular weight excluding hydrogens is 144 g/mol. The van der Waals surface area contributed by atoms with Crippen LogP contribution in [0.25, 0.3) is 0 Å². The van der Waals surface area contributed by atoms with Crippen molar-refractivity contribution in [2.75, 3.05) is 0 Å². The minimum Gasteiger partial charge on any atom is -0.0654 e. The minimum absolute atomic E-state index is 0.981. The Balaban J connectivity index is 2.13. The Hall–Kier alpha value is 0. The standard InChI is InChI=1S/C12H24/c1-4-6-10(3)9-12-8-7-11(12)5-2/h10-12H,4-9H2,1-3H3. The van der Waals surface area contributed by atoms with E-state index >= 15 is 0 Å². The van der Waals surface area contributed by atoms with Crippen LogP contribution in [0.15, 0.2) is 0 Å². The zero-order chi connectivity index (χ0) is 8.97. The summed E-state index contributed by atoms with van der Waals surface area (Å²) in [6, 6.07) is 0. The summed E-state index contributed by atoms with van der Waals surface area (Å²) in [6.45, 7) is 7.07. The average Bonchev–Trinajstić information content (AvgIpc) is 2.00. The molecule has 0 radical (unpaired) electrons. The number of hydrogen-bond donors (Lipinski definition) is 0. The highest BCUT2D eigenvalue weighted by atomic mass is 14.3. The van der Waals surface area contributed by atoms with Gasteiger partial charge in [0.2, 0.25) is 0 Å². The Morgan fingerprint density at radius 3 is 2.25 bits per heavy atom. The summed E-state index contributed by atoms with van der Waals surface area (Å²) in [6.07, 6.45) is 8.76. The molecular formula is C12H24. The van der Waals surface area contributed by atoms with Crippen LogP contribution in [-0.2, 0) is 0 Å². The molecule has 0 heterocycles. The van der Waals surface area contributed by atoms with E-state index in [0.717, 1.165) is 17.8 Å². The SMILES string of the molecule is CCCC(C)CC1CCC1CC. The van der Waals surface area contributed by atoms with E-state index in [-0.39, 0.29) is 0 Å². The van der Waals surface area contributed by atoms with Crippen molar-refractivity contribution in [3.63, 3.8) is 0 Å². The van der Waals surface area contributed by atoms with E-state index in [4.69, 9.17) is 0 Å². The first-order valence-electron chi connectivity index (χ1n) is 5.77. The lowest BCUT2D eigenvalue weighted by Gasteiger charge is -2.37. The van der Waals surface area contributed by atoms with Gasteiger partial charge in [0.05, 0.1) is 0 Å². The van der Waals surface area contributed by atoms with Gasteiger partial charge in [0.25, 0.3) is 0 Å². The fourth-order valence-electron chi connectivity index (χ4n) is 2.61. The topological polar surface area (TPSA) is 0 Å². The van der Waals surface area contributed by atoms with Crippen molar-refractivity contribution in [2.24, 2.45) is 17.8 Å². The Bertz CT molecular complexity index is 115. The maximum Gasteiger partial charge on any atom is -0.0383 e. The van der Waals surface area contributed by atoms with E-state index in [2.05, 4.69) is 20.8 Å². The molecule has 3 atom stereocenters. The molecule has 0 bridgehead atoms. The zero-order valence-electron chi connectivity index (χ0n) is 8.97. The summed E-state index contributed by atoms with van der Waals surface area (Å²) >= 11 is 0. The van der Waals surface area contributed by atoms with E-state index in [1.807, 2.05) is 0 Å². The molecule has 1 rings (SSSR count). The molecule has 3 unspecified atom stereocenters. The largest absolute Gasteiger partial charge is 0.0654 e. The minimum atomic E-state index is 0.981. The van der Waals surface area contributed by atoms with Crippen LogP contribution in [0.3, 0.4) is 0 Å². The van der Waals surface area contributed by atoms with Gasteiger partial charge < -0.3 is 0 Å². The molecule has 0 saturated heterocycles. The van der Waals surface area contributed by atoms with Gasteiger partial charge in [-0.3, -0.25) is 0 Å². The molecule has 1 aliphatic carbocycles. The lowest BCUT2D eigenvalue weighted by Crippen LogP contribution is -2.26. The first-order valence-corrected chi connectivity index (χ1v) is 5.77. The third-order valence-corrected chi connectivity index (χ3v) is 3.59. The van der Waals surface area contributed by atoms with Crippen molar-refractivity contribution < 1.29 is 0 Å². The van der Waals surface area contributed by atoms with Gasteiger partial charge in [-0.1, -0.05) is 40.0 Å². The van der Waals surface area contributed by atoms with Crippen LogP contribution in [-0.4, -0.2) is 0 Å². The van der Waals surface area contributed by atoms with Crippen LogP contribution >= 0.6 is 0 Å². The van der Waals surface area contributed by atoms with Crippen LogP contribution in [0.1, 0.15) is 59.3 Å². The first kappa shape index (κ1) is 10.1. The summed E-state index contributed by atoms with van der Waals surface area (Å²) in [5.41, 5.74) is 0. The highest BCUT2D eigenvalue weighted by Gasteiger charge is 2.29. The Kier molecular flexibility index (Phi) is 4.11. The Morgan fingerprint density at radius 1 is 1.17 bits per heavy atom. The summed E-state index contributed by atoms with van der Waals surface area (Å²) in [4.78, 5) is 0. The van der Waals surface area contributed by atoms with E-state index in [0.29, 0.717) is 0 Å². The molecule has 0 heteroatoms. The van der Waals surface area contributed by atoms with Crippen LogP contribution in [0.2, 0.25) is 0 Å². The maximum absolute atomic E-state index is 2.43. The molecule has 72 valence electrons. The van der Waals surface area contributed by atoms with Gasteiger partial charge in [-0.2, -0.15) is 0 Å². The quantitative estimate of drug-likeness (QED) is 0.575. The average molecular weight is 168 g/mol. The van der Waals surface area contributed by atoms with Crippen molar-refractivity contribution in [3.8, 4) is 0 Å². The third kappa shape index (κ3) is 2.50. The highest BCUT2D eigenvalue weighted by molar-refractivity contribution is 4.80. The second kappa shape index (κ2) is 4.89. The molecule has 1 fully saturated rings. The fourth-order valence-corrected chi connectivity index (χ4v) is 2.61. The molecule has 0 aromatic carbocycles. The normalized spacial score (nSPS) is 31.2. The summed E-state index contributed by atoms with van der Waals surface area (Å²) in [5, 5.41) is 0. The van der Waals surface area contributed by atoms with E-state index in [9.17, 15) is 0 Å². The Labute approximate surface area is 77.7 Å². The lowest BCUT2D eigenvalue weighted by molar-refractivity contribution is 0.136. The predicted molar refractivity (Wildman–Crippen MR) is 55.2 cm³/mol. The van der Waals surface area contributed by atoms with Crippen molar-refractivity contribution >= 4 is 0 Å². The summed E-state index contributed by atoms with van der Waals surface area (Å²) in [5.74, 6) is 3.16. The molecule has 0 spiro atoms. The summed E-state index contributed by atoms with van der Waals surface area (Å²) in [7, 11) is 0. The molecule has 0 aliphatic heterocycles. The van der Waals surface area contributed by atoms with Gasteiger partial charge in [-0.05, 0) is 37.0 Å². The van der Waals surface area contributed by atoms with Gasteiger partial charge in [-0.25, -0.2) is 0 Å². The first-order chi connectivity index (χ1) is 5.77. The lowest BCUT2D eigenvalue weighted by atomic mass is 9.68. The molecule has 12 heavy (non-hydrogen) atoms. The predicted octanol–water partition coefficient (Wildman–Crippen LogP) is 4.25. The molecule has 0 aromatic heterocycles. The van der Waals surface area contributed by atoms with Crippen molar-refractivity contribution in [2.45, 2.75) is 59.3 Å². The fraction of sp³-hybridized carbons (Fsp3) is 1.00. The van der Waals surface area contributed by atoms with Crippen LogP contribution < -0.4 is 0 Å². The zero-order valence-corrected chi connectivity index (χ0v) is 8.97. The van der Waals surface area contributed by atoms with Gasteiger partial charge in [0.15, 0.2) is 0 Å². The molecule has 1 saturated carbocycles. The van der Waals surface area contributed by atoms with E-state index in [1.54, 1.807) is 0 Å². The van der Waals surface area contributed by atoms with Crippen LogP contribution in [0, 0.1) is 17.8 Å². The molecule has 0 nitrogen and oxygen atoms in total. The maximum atomic E-state index is 2.43. The van der Waals surface area contributed by atoms with Crippen molar-refractivity contribution in [3.05, 3.63) is 0 Å². The highest BCUT2D eigenvalue weighted by Crippen LogP contribution is 2.41. The molecule has 0 amide bonds. The molecule has 0 aromatic rings. The van der Waals surface area contributed by atoms with Crippen LogP contribution in [0.4, 0.5) is 0 Å². The second-order valence-electron chi connectivity index (χ2n) is 4.64. The van der Waals surface area contributed by atoms with E-state index < -0.39 is 0 Å². The van der Waals surface area contributed by atoms with Gasteiger partial charge >= 0.3 is 0 Å². The van der Waals surface area contributed by atoms with Gasteiger partial charge in [-0.15, -0.1) is 0 Å². The summed E-state index contributed by atoms with van der Waals surface area (Å²) < 4.78 is 0. The second-order valence-corrected chi connectivity index (χ2v) is 4.64. The molecule has 0 N–H and O–H groups in total. The van der Waals surface area contributed by atoms with Crippen molar-refractivity contribution in [1.29, 1.82) is 0 Å². The number of rotatable bonds is 5. The van der Waals surface area contributed by atoms with Crippen LogP contribution in [0.5, 0.6) is 0 Å². The molecule has 1 aliphatic rings. The van der Waals surface area contributed by atoms with Gasteiger partial charge in [0, 0.05) is 0 Å². The third-order valence-electron chi connectivity index (χ3n) is 3.59. The monoisotopic (exact) mass is 168 g/mol. The number of hydrogen-bond acceptors (Lipinski definition) is 0. The van der Waals surface area contributed by atoms with Crippen molar-refractivity contribution in [1.82, 2.24) is 0 Å². The van der Waals surface area contributed by atoms with Gasteiger partial charge in [0.1, 0.15) is 0 Å². The Morgan fingerprint density at radius 2 is 1.83 bits per heavy atom. The smallest absolute Gasteiger partial charge is 0.0383 e. The van der Waals surface area contributed by atoms with E-state index in [1.165, 1.54) is 38.5 Å².